The summed E-state index contributed by atoms with van der Waals surface area (Å²) in [4.78, 5) is 23.3. The Morgan fingerprint density at radius 2 is 1.88 bits per heavy atom. The Kier molecular flexibility index (Phi) is 3.94. The number of hydrogen-bond donors (Lipinski definition) is 2. The van der Waals surface area contributed by atoms with Gasteiger partial charge in [-0.05, 0) is 18.3 Å². The molecule has 0 aromatic carbocycles. The highest BCUT2D eigenvalue weighted by molar-refractivity contribution is 5.89. The van der Waals surface area contributed by atoms with Crippen molar-refractivity contribution >= 4 is 11.8 Å². The van der Waals surface area contributed by atoms with Crippen LogP contribution in [0, 0.1) is 5.41 Å². The van der Waals surface area contributed by atoms with E-state index in [1.807, 2.05) is 27.7 Å². The summed E-state index contributed by atoms with van der Waals surface area (Å²) in [6, 6.07) is -0.308. The lowest BCUT2D eigenvalue weighted by molar-refractivity contribution is -0.122. The zero-order valence-corrected chi connectivity index (χ0v) is 10.6. The summed E-state index contributed by atoms with van der Waals surface area (Å²) >= 11 is 0. The molecule has 92 valence electrons. The van der Waals surface area contributed by atoms with E-state index >= 15 is 0 Å². The zero-order valence-electron chi connectivity index (χ0n) is 10.6. The Balaban J connectivity index is 2.55. The average Bonchev–Trinajstić information content (AvgIpc) is 2.95. The molecule has 1 fully saturated rings. The van der Waals surface area contributed by atoms with Crippen LogP contribution in [-0.4, -0.2) is 23.9 Å². The Labute approximate surface area is 97.2 Å². The first-order valence-electron chi connectivity index (χ1n) is 5.94. The van der Waals surface area contributed by atoms with Crippen LogP contribution < -0.4 is 10.6 Å². The van der Waals surface area contributed by atoms with Crippen molar-refractivity contribution in [3.8, 4) is 0 Å². The summed E-state index contributed by atoms with van der Waals surface area (Å²) in [7, 11) is 0. The molecule has 1 atom stereocenters. The molecule has 0 aromatic heterocycles. The maximum Gasteiger partial charge on any atom is 0.315 e. The number of carbonyl (C=O) groups excluding carboxylic acids is 2. The summed E-state index contributed by atoms with van der Waals surface area (Å²) in [5.74, 6) is 0.0819. The minimum Gasteiger partial charge on any atom is -0.335 e. The van der Waals surface area contributed by atoms with E-state index in [4.69, 9.17) is 0 Å². The van der Waals surface area contributed by atoms with Gasteiger partial charge < -0.3 is 10.6 Å². The van der Waals surface area contributed by atoms with Crippen molar-refractivity contribution in [2.24, 2.45) is 5.41 Å². The van der Waals surface area contributed by atoms with E-state index in [0.29, 0.717) is 12.5 Å². The largest absolute Gasteiger partial charge is 0.335 e. The van der Waals surface area contributed by atoms with Gasteiger partial charge in [-0.1, -0.05) is 27.7 Å². The number of urea groups is 1. The van der Waals surface area contributed by atoms with E-state index in [9.17, 15) is 9.59 Å². The third-order valence-electron chi connectivity index (χ3n) is 2.72. The lowest BCUT2D eigenvalue weighted by Gasteiger charge is -2.30. The van der Waals surface area contributed by atoms with Crippen molar-refractivity contribution in [3.05, 3.63) is 0 Å². The molecule has 2 amide bonds. The van der Waals surface area contributed by atoms with E-state index in [1.165, 1.54) is 0 Å². The first-order chi connectivity index (χ1) is 7.34. The lowest BCUT2D eigenvalue weighted by atomic mass is 9.83. The van der Waals surface area contributed by atoms with E-state index < -0.39 is 6.04 Å². The molecule has 4 heteroatoms. The first-order valence-corrected chi connectivity index (χ1v) is 5.94. The van der Waals surface area contributed by atoms with Crippen LogP contribution in [0.3, 0.4) is 0 Å². The monoisotopic (exact) mass is 226 g/mol. The summed E-state index contributed by atoms with van der Waals surface area (Å²) in [5, 5.41) is 5.61. The highest BCUT2D eigenvalue weighted by atomic mass is 16.2. The summed E-state index contributed by atoms with van der Waals surface area (Å²) < 4.78 is 0. The van der Waals surface area contributed by atoms with Gasteiger partial charge in [-0.2, -0.15) is 0 Å². The molecule has 0 bridgehead atoms. The molecule has 4 nitrogen and oxygen atoms in total. The van der Waals surface area contributed by atoms with Crippen molar-refractivity contribution < 1.29 is 9.59 Å². The SMILES string of the molecule is CCC(=O)C(NC(=O)NC1CC1)C(C)(C)C. The second kappa shape index (κ2) is 4.85. The fourth-order valence-electron chi connectivity index (χ4n) is 1.57. The molecule has 1 aliphatic carbocycles. The second-order valence-electron chi connectivity index (χ2n) is 5.51. The Morgan fingerprint density at radius 3 is 2.25 bits per heavy atom. The van der Waals surface area contributed by atoms with Gasteiger partial charge in [-0.25, -0.2) is 4.79 Å². The smallest absolute Gasteiger partial charge is 0.315 e. The van der Waals surface area contributed by atoms with Crippen LogP contribution in [0.15, 0.2) is 0 Å². The van der Waals surface area contributed by atoms with Crippen LogP contribution in [-0.2, 0) is 4.79 Å². The highest BCUT2D eigenvalue weighted by Gasteiger charge is 2.32. The minimum absolute atomic E-state index is 0.0819. The molecule has 0 spiro atoms. The number of nitrogens with one attached hydrogen (secondary N) is 2. The lowest BCUT2D eigenvalue weighted by Crippen LogP contribution is -2.52. The Hall–Kier alpha value is -1.06. The normalized spacial score (nSPS) is 17.8. The molecular formula is C12H22N2O2. The van der Waals surface area contributed by atoms with Crippen LogP contribution in [0.4, 0.5) is 4.79 Å². The quantitative estimate of drug-likeness (QED) is 0.768. The molecule has 1 rings (SSSR count). The van der Waals surface area contributed by atoms with Crippen molar-refractivity contribution in [2.75, 3.05) is 0 Å². The van der Waals surface area contributed by atoms with Gasteiger partial charge in [0.1, 0.15) is 0 Å². The number of ketones is 1. The maximum absolute atomic E-state index is 11.8. The van der Waals surface area contributed by atoms with Gasteiger partial charge >= 0.3 is 6.03 Å². The van der Waals surface area contributed by atoms with E-state index in [1.54, 1.807) is 0 Å². The van der Waals surface area contributed by atoms with Crippen molar-refractivity contribution in [1.29, 1.82) is 0 Å². The molecule has 0 aliphatic heterocycles. The summed E-state index contributed by atoms with van der Waals surface area (Å²) in [6.07, 6.45) is 2.55. The molecular weight excluding hydrogens is 204 g/mol. The van der Waals surface area contributed by atoms with E-state index in [2.05, 4.69) is 10.6 Å². The third kappa shape index (κ3) is 3.83. The number of hydrogen-bond acceptors (Lipinski definition) is 2. The van der Waals surface area contributed by atoms with Crippen molar-refractivity contribution in [2.45, 2.75) is 59.0 Å². The standard InChI is InChI=1S/C12H22N2O2/c1-5-9(15)10(12(2,3)4)14-11(16)13-8-6-7-8/h8,10H,5-7H2,1-4H3,(H2,13,14,16). The fourth-order valence-corrected chi connectivity index (χ4v) is 1.57. The fraction of sp³-hybridized carbons (Fsp3) is 0.833. The molecule has 1 aliphatic rings. The second-order valence-corrected chi connectivity index (χ2v) is 5.51. The van der Waals surface area contributed by atoms with E-state index in [0.717, 1.165) is 12.8 Å². The van der Waals surface area contributed by atoms with Crippen LogP contribution >= 0.6 is 0 Å². The molecule has 16 heavy (non-hydrogen) atoms. The molecule has 1 saturated carbocycles. The maximum atomic E-state index is 11.8. The molecule has 0 heterocycles. The molecule has 1 unspecified atom stereocenters. The van der Waals surface area contributed by atoms with Crippen LogP contribution in [0.2, 0.25) is 0 Å². The van der Waals surface area contributed by atoms with Crippen LogP contribution in [0.25, 0.3) is 0 Å². The molecule has 0 saturated heterocycles. The number of rotatable bonds is 4. The first kappa shape index (κ1) is 13.0. The predicted octanol–water partition coefficient (Wildman–Crippen LogP) is 1.84. The van der Waals surface area contributed by atoms with Crippen molar-refractivity contribution in [3.63, 3.8) is 0 Å². The van der Waals surface area contributed by atoms with Gasteiger partial charge in [0.05, 0.1) is 6.04 Å². The summed E-state index contributed by atoms with van der Waals surface area (Å²) in [5.41, 5.74) is -0.242. The van der Waals surface area contributed by atoms with Gasteiger partial charge in [0.25, 0.3) is 0 Å². The van der Waals surface area contributed by atoms with Gasteiger partial charge in [0.15, 0.2) is 5.78 Å². The van der Waals surface area contributed by atoms with Crippen LogP contribution in [0.1, 0.15) is 47.0 Å². The van der Waals surface area contributed by atoms with Gasteiger partial charge in [0, 0.05) is 12.5 Å². The molecule has 0 aromatic rings. The molecule has 0 radical (unpaired) electrons. The minimum atomic E-state index is -0.406. The van der Waals surface area contributed by atoms with Gasteiger partial charge in [-0.15, -0.1) is 0 Å². The topological polar surface area (TPSA) is 58.2 Å². The predicted molar refractivity (Wildman–Crippen MR) is 63.2 cm³/mol. The number of amides is 2. The number of carbonyl (C=O) groups is 2. The number of Topliss-reactive ketones (excluding diaryl/α,β-unsaturated/α-hetero) is 1. The van der Waals surface area contributed by atoms with Gasteiger partial charge in [-0.3, -0.25) is 4.79 Å². The van der Waals surface area contributed by atoms with Gasteiger partial charge in [0.2, 0.25) is 0 Å². The van der Waals surface area contributed by atoms with Crippen molar-refractivity contribution in [1.82, 2.24) is 10.6 Å². The third-order valence-corrected chi connectivity index (χ3v) is 2.72. The van der Waals surface area contributed by atoms with Crippen LogP contribution in [0.5, 0.6) is 0 Å². The summed E-state index contributed by atoms with van der Waals surface area (Å²) in [6.45, 7) is 7.70. The Morgan fingerprint density at radius 1 is 1.31 bits per heavy atom. The van der Waals surface area contributed by atoms with E-state index in [-0.39, 0.29) is 17.2 Å². The highest BCUT2D eigenvalue weighted by Crippen LogP contribution is 2.22. The Bertz CT molecular complexity index is 277. The average molecular weight is 226 g/mol. The zero-order chi connectivity index (χ0) is 12.3. The molecule has 2 N–H and O–H groups in total.